The predicted octanol–water partition coefficient (Wildman–Crippen LogP) is 1.96. The third kappa shape index (κ3) is 2.47. The highest BCUT2D eigenvalue weighted by Gasteiger charge is 2.18. The molecule has 0 bridgehead atoms. The van der Waals surface area contributed by atoms with E-state index >= 15 is 0 Å². The van der Waals surface area contributed by atoms with E-state index in [4.69, 9.17) is 0 Å². The largest absolute Gasteiger partial charge is 0.330 e. The Labute approximate surface area is 143 Å². The Bertz CT molecular complexity index is 1090. The normalized spacial score (nSPS) is 11.2. The molecule has 0 aliphatic rings. The fourth-order valence-corrected chi connectivity index (χ4v) is 2.94. The number of aryl methyl sites for hydroxylation is 3. The summed E-state index contributed by atoms with van der Waals surface area (Å²) in [6, 6.07) is 5.98. The Hall–Kier alpha value is -3.42. The highest BCUT2D eigenvalue weighted by molar-refractivity contribution is 6.06. The van der Waals surface area contributed by atoms with Gasteiger partial charge in [-0.2, -0.15) is 10.2 Å². The molecule has 0 unspecified atom stereocenters. The lowest BCUT2D eigenvalue weighted by molar-refractivity contribution is 0.101. The van der Waals surface area contributed by atoms with E-state index in [9.17, 15) is 4.79 Å². The average Bonchev–Trinajstić information content (AvgIpc) is 3.27. The lowest BCUT2D eigenvalue weighted by Crippen LogP contribution is -2.16. The third-order valence-electron chi connectivity index (χ3n) is 4.19. The fourth-order valence-electron chi connectivity index (χ4n) is 2.94. The molecule has 4 rings (SSSR count). The molecule has 0 radical (unpaired) electrons. The van der Waals surface area contributed by atoms with Crippen LogP contribution in [0, 0.1) is 0 Å². The number of benzene rings is 1. The topological polar surface area (TPSA) is 82.6 Å². The van der Waals surface area contributed by atoms with Gasteiger partial charge in [0.2, 0.25) is 0 Å². The molecule has 3 heterocycles. The summed E-state index contributed by atoms with van der Waals surface area (Å²) < 4.78 is 5.17. The summed E-state index contributed by atoms with van der Waals surface area (Å²) in [6.07, 6.45) is 6.83. The summed E-state index contributed by atoms with van der Waals surface area (Å²) in [7, 11) is 5.50. The summed E-state index contributed by atoms with van der Waals surface area (Å²) in [5.74, 6) is 0.253. The van der Waals surface area contributed by atoms with Gasteiger partial charge in [0.15, 0.2) is 5.82 Å². The number of rotatable bonds is 3. The first-order valence-electron chi connectivity index (χ1n) is 7.77. The van der Waals surface area contributed by atoms with E-state index in [2.05, 4.69) is 20.5 Å². The molecule has 3 aromatic heterocycles. The second-order valence-electron chi connectivity index (χ2n) is 5.92. The maximum absolute atomic E-state index is 12.5. The van der Waals surface area contributed by atoms with Crippen molar-refractivity contribution >= 4 is 22.6 Å². The van der Waals surface area contributed by atoms with Crippen LogP contribution in [0.5, 0.6) is 0 Å². The van der Waals surface area contributed by atoms with E-state index in [1.807, 2.05) is 49.4 Å². The van der Waals surface area contributed by atoms with E-state index in [0.29, 0.717) is 11.5 Å². The quantitative estimate of drug-likeness (QED) is 0.620. The van der Waals surface area contributed by atoms with Crippen LogP contribution in [0.2, 0.25) is 0 Å². The molecule has 0 saturated heterocycles. The number of nitrogens with zero attached hydrogens (tertiary/aromatic N) is 6. The lowest BCUT2D eigenvalue weighted by atomic mass is 10.0. The second kappa shape index (κ2) is 5.59. The molecule has 0 atom stereocenters. The monoisotopic (exact) mass is 335 g/mol. The molecule has 4 aromatic rings. The molecule has 1 amide bonds. The summed E-state index contributed by atoms with van der Waals surface area (Å²) in [4.78, 5) is 16.5. The second-order valence-corrected chi connectivity index (χ2v) is 5.92. The van der Waals surface area contributed by atoms with Gasteiger partial charge in [0.25, 0.3) is 5.91 Å². The minimum absolute atomic E-state index is 0.252. The van der Waals surface area contributed by atoms with Crippen molar-refractivity contribution in [3.05, 3.63) is 48.8 Å². The number of hydrogen-bond acceptors (Lipinski definition) is 4. The number of anilines is 1. The van der Waals surface area contributed by atoms with Crippen LogP contribution in [0.4, 0.5) is 5.82 Å². The number of hydrogen-bond donors (Lipinski definition) is 1. The number of nitrogens with one attached hydrogen (secondary N) is 1. The molecule has 1 aromatic carbocycles. The maximum atomic E-state index is 12.5. The lowest BCUT2D eigenvalue weighted by Gasteiger charge is -2.06. The number of imidazole rings is 1. The van der Waals surface area contributed by atoms with Gasteiger partial charge in [0.05, 0.1) is 24.2 Å². The molecule has 0 spiro atoms. The standard InChI is InChI=1S/C17H17N7O/c1-22-10-18-8-15(22)17(25)20-16-13(9-23(2)21-16)11-5-4-6-14-12(11)7-19-24(14)3/h4-10H,1-3H3,(H,20,21,25). The molecule has 0 aliphatic heterocycles. The molecule has 126 valence electrons. The Balaban J connectivity index is 1.79. The summed E-state index contributed by atoms with van der Waals surface area (Å²) in [6.45, 7) is 0. The summed E-state index contributed by atoms with van der Waals surface area (Å²) >= 11 is 0. The van der Waals surface area contributed by atoms with Crippen LogP contribution in [-0.4, -0.2) is 35.0 Å². The van der Waals surface area contributed by atoms with Gasteiger partial charge in [0, 0.05) is 38.3 Å². The molecule has 0 saturated carbocycles. The average molecular weight is 335 g/mol. The van der Waals surface area contributed by atoms with Gasteiger partial charge in [-0.05, 0) is 11.6 Å². The smallest absolute Gasteiger partial charge is 0.275 e. The number of aromatic nitrogens is 6. The predicted molar refractivity (Wildman–Crippen MR) is 94.1 cm³/mol. The molecule has 8 heteroatoms. The Morgan fingerprint density at radius 1 is 1.12 bits per heavy atom. The van der Waals surface area contributed by atoms with Crippen molar-refractivity contribution in [2.75, 3.05) is 5.32 Å². The van der Waals surface area contributed by atoms with Gasteiger partial charge in [-0.15, -0.1) is 0 Å². The van der Waals surface area contributed by atoms with Gasteiger partial charge in [0.1, 0.15) is 5.69 Å². The first kappa shape index (κ1) is 15.1. The molecule has 0 aliphatic carbocycles. The third-order valence-corrected chi connectivity index (χ3v) is 4.19. The highest BCUT2D eigenvalue weighted by Crippen LogP contribution is 2.33. The van der Waals surface area contributed by atoms with Crippen LogP contribution in [-0.2, 0) is 21.1 Å². The van der Waals surface area contributed by atoms with Crippen LogP contribution < -0.4 is 5.32 Å². The van der Waals surface area contributed by atoms with E-state index in [-0.39, 0.29) is 5.91 Å². The van der Waals surface area contributed by atoms with E-state index < -0.39 is 0 Å². The van der Waals surface area contributed by atoms with Crippen molar-refractivity contribution < 1.29 is 4.79 Å². The number of carbonyl (C=O) groups is 1. The van der Waals surface area contributed by atoms with Crippen LogP contribution >= 0.6 is 0 Å². The molecular weight excluding hydrogens is 318 g/mol. The highest BCUT2D eigenvalue weighted by atomic mass is 16.2. The summed E-state index contributed by atoms with van der Waals surface area (Å²) in [5.41, 5.74) is 3.30. The van der Waals surface area contributed by atoms with Gasteiger partial charge >= 0.3 is 0 Å². The van der Waals surface area contributed by atoms with Crippen molar-refractivity contribution in [1.29, 1.82) is 0 Å². The summed E-state index contributed by atoms with van der Waals surface area (Å²) in [5, 5.41) is 12.6. The number of carbonyl (C=O) groups excluding carboxylic acids is 1. The molecule has 0 fully saturated rings. The zero-order valence-electron chi connectivity index (χ0n) is 14.1. The minimum atomic E-state index is -0.252. The Morgan fingerprint density at radius 2 is 1.96 bits per heavy atom. The molecule has 8 nitrogen and oxygen atoms in total. The first-order valence-corrected chi connectivity index (χ1v) is 7.77. The van der Waals surface area contributed by atoms with E-state index in [0.717, 1.165) is 22.0 Å². The number of amides is 1. The van der Waals surface area contributed by atoms with Crippen LogP contribution in [0.1, 0.15) is 10.5 Å². The maximum Gasteiger partial charge on any atom is 0.275 e. The molecule has 1 N–H and O–H groups in total. The number of fused-ring (bicyclic) bond motifs is 1. The Morgan fingerprint density at radius 3 is 2.72 bits per heavy atom. The van der Waals surface area contributed by atoms with Gasteiger partial charge in [-0.1, -0.05) is 12.1 Å². The van der Waals surface area contributed by atoms with Crippen LogP contribution in [0.3, 0.4) is 0 Å². The fraction of sp³-hybridized carbons (Fsp3) is 0.176. The zero-order chi connectivity index (χ0) is 17.6. The SMILES string of the molecule is Cn1cc(-c2cccc3c2cnn3C)c(NC(=O)c2cncn2C)n1. The minimum Gasteiger partial charge on any atom is -0.330 e. The van der Waals surface area contributed by atoms with Gasteiger partial charge in [-0.25, -0.2) is 4.98 Å². The van der Waals surface area contributed by atoms with Crippen LogP contribution in [0.25, 0.3) is 22.0 Å². The van der Waals surface area contributed by atoms with Gasteiger partial charge < -0.3 is 9.88 Å². The van der Waals surface area contributed by atoms with Crippen molar-refractivity contribution in [2.24, 2.45) is 21.1 Å². The van der Waals surface area contributed by atoms with Crippen molar-refractivity contribution in [3.63, 3.8) is 0 Å². The van der Waals surface area contributed by atoms with Crippen molar-refractivity contribution in [2.45, 2.75) is 0 Å². The van der Waals surface area contributed by atoms with Gasteiger partial charge in [-0.3, -0.25) is 14.2 Å². The van der Waals surface area contributed by atoms with E-state index in [1.54, 1.807) is 22.6 Å². The molecule has 25 heavy (non-hydrogen) atoms. The van der Waals surface area contributed by atoms with Crippen molar-refractivity contribution in [3.8, 4) is 11.1 Å². The van der Waals surface area contributed by atoms with Crippen LogP contribution in [0.15, 0.2) is 43.1 Å². The van der Waals surface area contributed by atoms with E-state index in [1.165, 1.54) is 6.20 Å². The Kier molecular flexibility index (Phi) is 3.38. The van der Waals surface area contributed by atoms with Crippen molar-refractivity contribution in [1.82, 2.24) is 29.1 Å². The zero-order valence-corrected chi connectivity index (χ0v) is 14.1. The first-order chi connectivity index (χ1) is 12.0. The molecular formula is C17H17N7O.